The Morgan fingerprint density at radius 2 is 2.07 bits per heavy atom. The van der Waals surface area contributed by atoms with Gasteiger partial charge in [0.2, 0.25) is 17.6 Å². The van der Waals surface area contributed by atoms with Gasteiger partial charge in [0.05, 0.1) is 19.0 Å². The summed E-state index contributed by atoms with van der Waals surface area (Å²) in [6, 6.07) is 0. The van der Waals surface area contributed by atoms with Gasteiger partial charge in [-0.25, -0.2) is 14.4 Å². The van der Waals surface area contributed by atoms with E-state index in [0.29, 0.717) is 30.5 Å². The fourth-order valence-corrected chi connectivity index (χ4v) is 3.98. The van der Waals surface area contributed by atoms with E-state index in [1.165, 1.54) is 0 Å². The average Bonchev–Trinajstić information content (AvgIpc) is 3.13. The first-order chi connectivity index (χ1) is 13.5. The molecule has 3 rings (SSSR count). The van der Waals surface area contributed by atoms with Crippen LogP contribution in [0.25, 0.3) is 0 Å². The second-order valence-electron chi connectivity index (χ2n) is 7.45. The molecule has 0 aromatic carbocycles. The number of anilines is 1. The maximum Gasteiger partial charge on any atom is 0.233 e. The van der Waals surface area contributed by atoms with Gasteiger partial charge in [-0.15, -0.1) is 0 Å². The van der Waals surface area contributed by atoms with E-state index in [1.54, 1.807) is 4.90 Å². The van der Waals surface area contributed by atoms with Crippen molar-refractivity contribution in [1.82, 2.24) is 20.3 Å². The predicted molar refractivity (Wildman–Crippen MR) is 100 cm³/mol. The van der Waals surface area contributed by atoms with Crippen molar-refractivity contribution >= 4 is 29.7 Å². The van der Waals surface area contributed by atoms with Crippen molar-refractivity contribution in [3.63, 3.8) is 0 Å². The van der Waals surface area contributed by atoms with Crippen molar-refractivity contribution in [2.75, 3.05) is 24.5 Å². The van der Waals surface area contributed by atoms with Crippen molar-refractivity contribution in [2.24, 2.45) is 11.8 Å². The number of nitrogens with one attached hydrogen (secondary N) is 1. The summed E-state index contributed by atoms with van der Waals surface area (Å²) < 4.78 is 14.7. The molecule has 10 heteroatoms. The van der Waals surface area contributed by atoms with Crippen molar-refractivity contribution in [3.8, 4) is 0 Å². The Kier molecular flexibility index (Phi) is 7.01. The van der Waals surface area contributed by atoms with Crippen LogP contribution in [0.15, 0.2) is 0 Å². The molecule has 1 saturated heterocycles. The van der Waals surface area contributed by atoms with Crippen molar-refractivity contribution in [1.29, 1.82) is 0 Å². The maximum atomic E-state index is 14.7. The van der Waals surface area contributed by atoms with Gasteiger partial charge in [-0.05, 0) is 30.4 Å². The smallest absolute Gasteiger partial charge is 0.233 e. The van der Waals surface area contributed by atoms with Crippen molar-refractivity contribution in [2.45, 2.75) is 45.1 Å². The van der Waals surface area contributed by atoms with Gasteiger partial charge in [-0.3, -0.25) is 14.8 Å². The number of carbonyl (C=O) groups excluding carboxylic acids is 2. The number of halogens is 2. The number of hydrogen-bond acceptors (Lipinski definition) is 6. The molecule has 2 amide bonds. The topological polar surface area (TPSA) is 98.7 Å². The van der Waals surface area contributed by atoms with Crippen LogP contribution in [0.4, 0.5) is 10.2 Å². The van der Waals surface area contributed by atoms with E-state index < -0.39 is 11.7 Å². The van der Waals surface area contributed by atoms with Crippen LogP contribution in [0, 0.1) is 17.7 Å². The summed E-state index contributed by atoms with van der Waals surface area (Å²) in [5.41, 5.74) is 0.0195. The molecule has 0 spiro atoms. The molecule has 2 fully saturated rings. The Morgan fingerprint density at radius 1 is 1.36 bits per heavy atom. The fourth-order valence-electron chi connectivity index (χ4n) is 3.80. The maximum absolute atomic E-state index is 14.7. The third-order valence-electron chi connectivity index (χ3n) is 5.45. The largest absolute Gasteiger partial charge is 0.354 e. The lowest BCUT2D eigenvalue weighted by atomic mass is 9.92. The third kappa shape index (κ3) is 5.08. The fraction of sp³-hybridized carbons (Fsp3) is 0.667. The number of hydrogen-bond donors (Lipinski definition) is 2. The molecule has 1 aromatic heterocycles. The van der Waals surface area contributed by atoms with Gasteiger partial charge in [0, 0.05) is 13.1 Å². The Hall–Kier alpha value is -2.00. The summed E-state index contributed by atoms with van der Waals surface area (Å²) in [5, 5.41) is 12.6. The van der Waals surface area contributed by atoms with E-state index in [0.717, 1.165) is 32.1 Å². The zero-order valence-electron chi connectivity index (χ0n) is 15.6. The van der Waals surface area contributed by atoms with Crippen LogP contribution in [0.5, 0.6) is 0 Å². The molecule has 28 heavy (non-hydrogen) atoms. The average molecular weight is 414 g/mol. The molecular formula is C18H25ClFN5O3. The molecule has 0 bridgehead atoms. The van der Waals surface area contributed by atoms with E-state index >= 15 is 0 Å². The zero-order chi connectivity index (χ0) is 20.1. The molecule has 1 atom stereocenters. The second-order valence-corrected chi connectivity index (χ2v) is 7.78. The summed E-state index contributed by atoms with van der Waals surface area (Å²) in [5.74, 6) is -0.978. The zero-order valence-corrected chi connectivity index (χ0v) is 16.4. The van der Waals surface area contributed by atoms with Gasteiger partial charge in [0.25, 0.3) is 0 Å². The van der Waals surface area contributed by atoms with Crippen LogP contribution >= 0.6 is 11.6 Å². The quantitative estimate of drug-likeness (QED) is 0.278. The van der Waals surface area contributed by atoms with Crippen LogP contribution in [0.1, 0.15) is 44.2 Å². The van der Waals surface area contributed by atoms with E-state index in [2.05, 4.69) is 15.3 Å². The molecule has 1 aliphatic carbocycles. The van der Waals surface area contributed by atoms with Crippen molar-refractivity contribution < 1.29 is 19.2 Å². The molecule has 2 aliphatic rings. The molecule has 8 nitrogen and oxygen atoms in total. The van der Waals surface area contributed by atoms with Crippen LogP contribution < -0.4 is 10.2 Å². The molecule has 0 unspecified atom stereocenters. The Balaban J connectivity index is 1.65. The number of aromatic nitrogens is 2. The lowest BCUT2D eigenvalue weighted by molar-refractivity contribution is -0.155. The Bertz CT molecular complexity index is 713. The first kappa shape index (κ1) is 20.7. The molecule has 1 aromatic rings. The summed E-state index contributed by atoms with van der Waals surface area (Å²) in [6.45, 7) is 1.18. The highest BCUT2D eigenvalue weighted by Crippen LogP contribution is 2.31. The number of hydroxylamine groups is 2. The number of carbonyl (C=O) groups is 2. The lowest BCUT2D eigenvalue weighted by Crippen LogP contribution is -2.40. The van der Waals surface area contributed by atoms with Gasteiger partial charge >= 0.3 is 0 Å². The van der Waals surface area contributed by atoms with Gasteiger partial charge in [-0.1, -0.05) is 25.7 Å². The SMILES string of the molecule is O=CN(O)C[C@@H](CC1CCCC1)C(=O)NCc1nc(Cl)nc(N2CCC2)c1F. The molecule has 1 saturated carbocycles. The summed E-state index contributed by atoms with van der Waals surface area (Å²) in [4.78, 5) is 33.0. The highest BCUT2D eigenvalue weighted by molar-refractivity contribution is 6.28. The predicted octanol–water partition coefficient (Wildman–Crippen LogP) is 2.14. The minimum Gasteiger partial charge on any atom is -0.354 e. The van der Waals surface area contributed by atoms with E-state index in [-0.39, 0.29) is 42.2 Å². The highest BCUT2D eigenvalue weighted by Gasteiger charge is 2.28. The van der Waals surface area contributed by atoms with Gasteiger partial charge in [0.15, 0.2) is 11.6 Å². The minimum atomic E-state index is -0.589. The lowest BCUT2D eigenvalue weighted by Gasteiger charge is -2.32. The number of nitrogens with zero attached hydrogens (tertiary/aromatic N) is 4. The van der Waals surface area contributed by atoms with Crippen LogP contribution in [-0.2, 0) is 16.1 Å². The van der Waals surface area contributed by atoms with Crippen LogP contribution in [0.2, 0.25) is 5.28 Å². The normalized spacial score (nSPS) is 17.9. The molecule has 1 aliphatic heterocycles. The highest BCUT2D eigenvalue weighted by atomic mass is 35.5. The first-order valence-corrected chi connectivity index (χ1v) is 10.0. The summed E-state index contributed by atoms with van der Waals surface area (Å²) in [7, 11) is 0. The summed E-state index contributed by atoms with van der Waals surface area (Å²) >= 11 is 5.92. The van der Waals surface area contributed by atoms with E-state index in [9.17, 15) is 19.2 Å². The van der Waals surface area contributed by atoms with Crippen molar-refractivity contribution in [3.05, 3.63) is 16.8 Å². The van der Waals surface area contributed by atoms with Gasteiger partial charge < -0.3 is 10.2 Å². The molecule has 154 valence electrons. The van der Waals surface area contributed by atoms with E-state index in [1.807, 2.05) is 0 Å². The minimum absolute atomic E-state index is 0.0195. The molecule has 2 N–H and O–H groups in total. The standard InChI is InChI=1S/C18H25ClFN5O3/c19-18-22-14(15(20)16(23-18)24-6-3-7-24)9-21-17(27)13(10-25(28)11-26)8-12-4-1-2-5-12/h11-13,28H,1-10H2,(H,21,27)/t13-/m1/s1. The molecular weight excluding hydrogens is 389 g/mol. The summed E-state index contributed by atoms with van der Waals surface area (Å²) in [6.07, 6.45) is 6.13. The van der Waals surface area contributed by atoms with Crippen LogP contribution in [0.3, 0.4) is 0 Å². The number of amides is 2. The Labute approximate surface area is 168 Å². The number of rotatable bonds is 9. The molecule has 0 radical (unpaired) electrons. The third-order valence-corrected chi connectivity index (χ3v) is 5.62. The van der Waals surface area contributed by atoms with Crippen LogP contribution in [-0.4, -0.2) is 52.2 Å². The molecule has 2 heterocycles. The van der Waals surface area contributed by atoms with Gasteiger partial charge in [-0.2, -0.15) is 4.98 Å². The van der Waals surface area contributed by atoms with E-state index in [4.69, 9.17) is 11.6 Å². The first-order valence-electron chi connectivity index (χ1n) is 9.63. The monoisotopic (exact) mass is 413 g/mol. The second kappa shape index (κ2) is 9.47. The Morgan fingerprint density at radius 3 is 2.68 bits per heavy atom. The van der Waals surface area contributed by atoms with Gasteiger partial charge in [0.1, 0.15) is 5.69 Å².